The number of nitrogens with one attached hydrogen (secondary N) is 1. The van der Waals surface area contributed by atoms with Crippen molar-refractivity contribution in [3.8, 4) is 11.8 Å². The molecule has 0 aromatic heterocycles. The number of anilines is 1. The molecule has 1 atom stereocenters. The molecule has 1 unspecified atom stereocenters. The number of hydrogen-bond acceptors (Lipinski definition) is 3. The predicted molar refractivity (Wildman–Crippen MR) is 63.8 cm³/mol. The molecule has 4 nitrogen and oxygen atoms in total. The number of nitrogens with zero attached hydrogens (tertiary/aromatic N) is 1. The van der Waals surface area contributed by atoms with E-state index >= 15 is 0 Å². The minimum atomic E-state index is -0.151. The molecular formula is C13H14N2O2. The summed E-state index contributed by atoms with van der Waals surface area (Å²) in [7, 11) is 0. The fraction of sp³-hybridized carbons (Fsp3) is 0.385. The molecule has 0 radical (unpaired) electrons. The molecule has 0 saturated heterocycles. The molecule has 2 rings (SSSR count). The lowest BCUT2D eigenvalue weighted by atomic mass is 9.89. The van der Waals surface area contributed by atoms with Gasteiger partial charge in [-0.2, -0.15) is 5.26 Å². The molecule has 4 heteroatoms. The Hall–Kier alpha value is -2.02. The van der Waals surface area contributed by atoms with Gasteiger partial charge in [0.25, 0.3) is 5.91 Å². The van der Waals surface area contributed by atoms with E-state index in [2.05, 4.69) is 11.4 Å². The van der Waals surface area contributed by atoms with Crippen LogP contribution in [0.1, 0.15) is 25.3 Å². The number of nitriles is 1. The SMILES string of the molecule is CC(C)C(C#N)c1ccc2c(c1)OCC(=O)N2. The first-order chi connectivity index (χ1) is 8.11. The molecule has 1 aliphatic rings. The van der Waals surface area contributed by atoms with Gasteiger partial charge in [0, 0.05) is 0 Å². The summed E-state index contributed by atoms with van der Waals surface area (Å²) < 4.78 is 5.33. The minimum absolute atomic E-state index is 0.0371. The van der Waals surface area contributed by atoms with Gasteiger partial charge < -0.3 is 10.1 Å². The van der Waals surface area contributed by atoms with Gasteiger partial charge in [0.1, 0.15) is 5.75 Å². The average Bonchev–Trinajstić information content (AvgIpc) is 2.29. The lowest BCUT2D eigenvalue weighted by molar-refractivity contribution is -0.118. The Morgan fingerprint density at radius 3 is 2.88 bits per heavy atom. The van der Waals surface area contributed by atoms with Crippen molar-refractivity contribution in [2.24, 2.45) is 5.92 Å². The highest BCUT2D eigenvalue weighted by molar-refractivity contribution is 5.95. The molecule has 0 fully saturated rings. The summed E-state index contributed by atoms with van der Waals surface area (Å²) in [6.45, 7) is 4.06. The van der Waals surface area contributed by atoms with Crippen molar-refractivity contribution < 1.29 is 9.53 Å². The predicted octanol–water partition coefficient (Wildman–Crippen LogP) is 2.28. The summed E-state index contributed by atoms with van der Waals surface area (Å²) >= 11 is 0. The van der Waals surface area contributed by atoms with Gasteiger partial charge in [-0.15, -0.1) is 0 Å². The smallest absolute Gasteiger partial charge is 0.262 e. The zero-order valence-electron chi connectivity index (χ0n) is 9.86. The Labute approximate surface area is 100 Å². The van der Waals surface area contributed by atoms with E-state index in [9.17, 15) is 4.79 Å². The van der Waals surface area contributed by atoms with Gasteiger partial charge in [-0.05, 0) is 23.6 Å². The number of carbonyl (C=O) groups excluding carboxylic acids is 1. The summed E-state index contributed by atoms with van der Waals surface area (Å²) in [5.41, 5.74) is 1.60. The van der Waals surface area contributed by atoms with Gasteiger partial charge in [0.05, 0.1) is 17.7 Å². The maximum atomic E-state index is 11.1. The first kappa shape index (κ1) is 11.5. The molecule has 1 aromatic rings. The molecule has 0 bridgehead atoms. The molecular weight excluding hydrogens is 216 g/mol. The van der Waals surface area contributed by atoms with Crippen LogP contribution in [0.25, 0.3) is 0 Å². The van der Waals surface area contributed by atoms with E-state index in [1.165, 1.54) is 0 Å². The van der Waals surface area contributed by atoms with Gasteiger partial charge >= 0.3 is 0 Å². The van der Waals surface area contributed by atoms with Crippen molar-refractivity contribution in [1.82, 2.24) is 0 Å². The second kappa shape index (κ2) is 4.46. The number of amides is 1. The largest absolute Gasteiger partial charge is 0.482 e. The van der Waals surface area contributed by atoms with Gasteiger partial charge in [-0.25, -0.2) is 0 Å². The third kappa shape index (κ3) is 2.23. The molecule has 1 N–H and O–H groups in total. The molecule has 1 heterocycles. The van der Waals surface area contributed by atoms with Crippen LogP contribution < -0.4 is 10.1 Å². The van der Waals surface area contributed by atoms with Crippen LogP contribution in [0.3, 0.4) is 0 Å². The highest BCUT2D eigenvalue weighted by atomic mass is 16.5. The number of hydrogen-bond donors (Lipinski definition) is 1. The number of rotatable bonds is 2. The number of fused-ring (bicyclic) bond motifs is 1. The summed E-state index contributed by atoms with van der Waals surface area (Å²) in [6.07, 6.45) is 0. The van der Waals surface area contributed by atoms with Crippen LogP contribution in [0.4, 0.5) is 5.69 Å². The van der Waals surface area contributed by atoms with Crippen LogP contribution in [-0.2, 0) is 4.79 Å². The Bertz CT molecular complexity index is 489. The van der Waals surface area contributed by atoms with Crippen molar-refractivity contribution >= 4 is 11.6 Å². The van der Waals surface area contributed by atoms with Crippen molar-refractivity contribution in [2.75, 3.05) is 11.9 Å². The lowest BCUT2D eigenvalue weighted by Crippen LogP contribution is -2.25. The standard InChI is InChI=1S/C13H14N2O2/c1-8(2)10(6-14)9-3-4-11-12(5-9)17-7-13(16)15-11/h3-5,8,10H,7H2,1-2H3,(H,15,16). The van der Waals surface area contributed by atoms with E-state index in [1.54, 1.807) is 6.07 Å². The summed E-state index contributed by atoms with van der Waals surface area (Å²) in [4.78, 5) is 11.1. The molecule has 17 heavy (non-hydrogen) atoms. The lowest BCUT2D eigenvalue weighted by Gasteiger charge is -2.20. The van der Waals surface area contributed by atoms with Crippen molar-refractivity contribution in [2.45, 2.75) is 19.8 Å². The van der Waals surface area contributed by atoms with E-state index in [4.69, 9.17) is 10.00 Å². The molecule has 0 aliphatic carbocycles. The Morgan fingerprint density at radius 1 is 1.47 bits per heavy atom. The third-order valence-electron chi connectivity index (χ3n) is 2.80. The number of carbonyl (C=O) groups is 1. The summed E-state index contributed by atoms with van der Waals surface area (Å²) in [5.74, 6) is 0.590. The molecule has 0 saturated carbocycles. The van der Waals surface area contributed by atoms with E-state index < -0.39 is 0 Å². The first-order valence-electron chi connectivity index (χ1n) is 5.58. The average molecular weight is 230 g/mol. The molecule has 1 aliphatic heterocycles. The normalized spacial score (nSPS) is 15.5. The molecule has 0 spiro atoms. The van der Waals surface area contributed by atoms with Crippen LogP contribution in [0.5, 0.6) is 5.75 Å². The topological polar surface area (TPSA) is 62.1 Å². The number of benzene rings is 1. The van der Waals surface area contributed by atoms with E-state index in [0.29, 0.717) is 11.4 Å². The van der Waals surface area contributed by atoms with Crippen LogP contribution in [0.2, 0.25) is 0 Å². The van der Waals surface area contributed by atoms with Crippen molar-refractivity contribution in [3.63, 3.8) is 0 Å². The second-order valence-corrected chi connectivity index (χ2v) is 4.44. The Kier molecular flexibility index (Phi) is 3.01. The fourth-order valence-corrected chi connectivity index (χ4v) is 1.89. The van der Waals surface area contributed by atoms with Crippen LogP contribution in [0, 0.1) is 17.2 Å². The summed E-state index contributed by atoms with van der Waals surface area (Å²) in [6, 6.07) is 7.78. The third-order valence-corrected chi connectivity index (χ3v) is 2.80. The minimum Gasteiger partial charge on any atom is -0.482 e. The van der Waals surface area contributed by atoms with Gasteiger partial charge in [-0.1, -0.05) is 19.9 Å². The molecule has 1 aromatic carbocycles. The summed E-state index contributed by atoms with van der Waals surface area (Å²) in [5, 5.41) is 11.9. The quantitative estimate of drug-likeness (QED) is 0.847. The van der Waals surface area contributed by atoms with E-state index in [0.717, 1.165) is 5.56 Å². The van der Waals surface area contributed by atoms with Gasteiger partial charge in [0.2, 0.25) is 0 Å². The molecule has 88 valence electrons. The zero-order chi connectivity index (χ0) is 12.4. The van der Waals surface area contributed by atoms with Gasteiger partial charge in [-0.3, -0.25) is 4.79 Å². The van der Waals surface area contributed by atoms with Crippen LogP contribution in [0.15, 0.2) is 18.2 Å². The Balaban J connectivity index is 2.34. The molecule has 1 amide bonds. The fourth-order valence-electron chi connectivity index (χ4n) is 1.89. The monoisotopic (exact) mass is 230 g/mol. The second-order valence-electron chi connectivity index (χ2n) is 4.44. The van der Waals surface area contributed by atoms with Crippen LogP contribution in [-0.4, -0.2) is 12.5 Å². The maximum absolute atomic E-state index is 11.1. The number of ether oxygens (including phenoxy) is 1. The maximum Gasteiger partial charge on any atom is 0.262 e. The highest BCUT2D eigenvalue weighted by Gasteiger charge is 2.20. The zero-order valence-corrected chi connectivity index (χ0v) is 9.86. The van der Waals surface area contributed by atoms with E-state index in [-0.39, 0.29) is 24.3 Å². The van der Waals surface area contributed by atoms with Crippen molar-refractivity contribution in [1.29, 1.82) is 5.26 Å². The Morgan fingerprint density at radius 2 is 2.24 bits per heavy atom. The van der Waals surface area contributed by atoms with Gasteiger partial charge in [0.15, 0.2) is 6.61 Å². The van der Waals surface area contributed by atoms with E-state index in [1.807, 2.05) is 26.0 Å². The highest BCUT2D eigenvalue weighted by Crippen LogP contribution is 2.33. The first-order valence-corrected chi connectivity index (χ1v) is 5.58. The van der Waals surface area contributed by atoms with Crippen molar-refractivity contribution in [3.05, 3.63) is 23.8 Å². The van der Waals surface area contributed by atoms with Crippen LogP contribution >= 0.6 is 0 Å².